The topological polar surface area (TPSA) is 78.8 Å². The Hall–Kier alpha value is -1.55. The summed E-state index contributed by atoms with van der Waals surface area (Å²) in [4.78, 5) is 10.8. The van der Waals surface area contributed by atoms with Gasteiger partial charge in [0.15, 0.2) is 5.96 Å². The maximum Gasteiger partial charge on any atom is 0.193 e. The molecule has 1 saturated heterocycles. The first kappa shape index (κ1) is 20.8. The summed E-state index contributed by atoms with van der Waals surface area (Å²) in [5.41, 5.74) is -1.09. The van der Waals surface area contributed by atoms with Gasteiger partial charge < -0.3 is 24.3 Å². The van der Waals surface area contributed by atoms with E-state index in [9.17, 15) is 5.11 Å². The quantitative estimate of drug-likeness (QED) is 0.405. The van der Waals surface area contributed by atoms with Crippen LogP contribution in [0.25, 0.3) is 0 Å². The summed E-state index contributed by atoms with van der Waals surface area (Å²) in [5, 5.41) is 13.9. The highest BCUT2D eigenvalue weighted by Gasteiger charge is 2.31. The van der Waals surface area contributed by atoms with Gasteiger partial charge in [-0.25, -0.2) is 4.98 Å². The molecule has 7 nitrogen and oxygen atoms in total. The minimum Gasteiger partial charge on any atom is -0.466 e. The fraction of sp³-hybridized carbons (Fsp3) is 0.556. The fourth-order valence-electron chi connectivity index (χ4n) is 3.35. The van der Waals surface area contributed by atoms with Crippen molar-refractivity contribution in [3.8, 4) is 0 Å². The first-order valence-corrected chi connectivity index (χ1v) is 8.70. The number of hydrogen-bond acceptors (Lipinski definition) is 4. The van der Waals surface area contributed by atoms with E-state index >= 15 is 0 Å². The van der Waals surface area contributed by atoms with Crippen LogP contribution in [0.3, 0.4) is 0 Å². The molecule has 1 aliphatic heterocycles. The van der Waals surface area contributed by atoms with E-state index in [1.165, 1.54) is 0 Å². The summed E-state index contributed by atoms with van der Waals surface area (Å²) in [5.74, 6) is 1.91. The molecule has 0 aromatic carbocycles. The molecule has 2 aromatic heterocycles. The van der Waals surface area contributed by atoms with E-state index in [4.69, 9.17) is 4.42 Å². The van der Waals surface area contributed by atoms with Crippen LogP contribution >= 0.6 is 24.0 Å². The van der Waals surface area contributed by atoms with Crippen molar-refractivity contribution in [2.45, 2.75) is 31.9 Å². The Morgan fingerprint density at radius 3 is 2.96 bits per heavy atom. The number of guanidine groups is 1. The number of imidazole rings is 1. The molecule has 144 valence electrons. The molecule has 0 spiro atoms. The summed E-state index contributed by atoms with van der Waals surface area (Å²) in [6.07, 6.45) is 8.36. The van der Waals surface area contributed by atoms with Crippen molar-refractivity contribution in [1.29, 1.82) is 0 Å². The molecule has 0 bridgehead atoms. The Labute approximate surface area is 171 Å². The highest BCUT2D eigenvalue weighted by atomic mass is 127. The molecule has 3 heterocycles. The molecule has 0 amide bonds. The van der Waals surface area contributed by atoms with Gasteiger partial charge in [-0.05, 0) is 31.4 Å². The Bertz CT molecular complexity index is 685. The summed E-state index contributed by atoms with van der Waals surface area (Å²) in [6, 6.07) is 3.92. The number of aliphatic imine (C=N–C) groups is 1. The van der Waals surface area contributed by atoms with E-state index in [1.54, 1.807) is 32.4 Å². The Morgan fingerprint density at radius 1 is 1.54 bits per heavy atom. The third-order valence-corrected chi connectivity index (χ3v) is 4.98. The van der Waals surface area contributed by atoms with Crippen LogP contribution in [0.4, 0.5) is 0 Å². The van der Waals surface area contributed by atoms with Crippen LogP contribution in [0, 0.1) is 5.92 Å². The fourth-order valence-corrected chi connectivity index (χ4v) is 3.35. The Kier molecular flexibility index (Phi) is 7.10. The number of rotatable bonds is 4. The number of furan rings is 1. The van der Waals surface area contributed by atoms with Crippen LogP contribution in [-0.4, -0.2) is 52.2 Å². The number of aliphatic hydroxyl groups is 1. The lowest BCUT2D eigenvalue weighted by Crippen LogP contribution is -2.51. The van der Waals surface area contributed by atoms with Gasteiger partial charge in [-0.1, -0.05) is 6.92 Å². The molecule has 3 unspecified atom stereocenters. The van der Waals surface area contributed by atoms with Crippen molar-refractivity contribution < 1.29 is 9.52 Å². The summed E-state index contributed by atoms with van der Waals surface area (Å²) in [7, 11) is 1.77. The normalized spacial score (nSPS) is 23.2. The molecule has 26 heavy (non-hydrogen) atoms. The number of halogens is 1. The first-order valence-electron chi connectivity index (χ1n) is 8.70. The molecule has 0 saturated carbocycles. The summed E-state index contributed by atoms with van der Waals surface area (Å²) >= 11 is 0. The van der Waals surface area contributed by atoms with Gasteiger partial charge in [0.2, 0.25) is 0 Å². The van der Waals surface area contributed by atoms with E-state index in [0.717, 1.165) is 25.5 Å². The van der Waals surface area contributed by atoms with Gasteiger partial charge in [0.1, 0.15) is 11.4 Å². The van der Waals surface area contributed by atoms with Gasteiger partial charge in [-0.15, -0.1) is 24.0 Å². The van der Waals surface area contributed by atoms with E-state index in [0.29, 0.717) is 24.3 Å². The average molecular weight is 473 g/mol. The molecule has 1 fully saturated rings. The van der Waals surface area contributed by atoms with Gasteiger partial charge >= 0.3 is 0 Å². The van der Waals surface area contributed by atoms with Crippen LogP contribution in [0.15, 0.2) is 46.5 Å². The number of hydrogen-bond donors (Lipinski definition) is 2. The van der Waals surface area contributed by atoms with Gasteiger partial charge in [-0.3, -0.25) is 4.99 Å². The molecular formula is C18H28IN5O2. The zero-order valence-corrected chi connectivity index (χ0v) is 17.8. The Balaban J connectivity index is 0.00000243. The van der Waals surface area contributed by atoms with E-state index in [2.05, 4.69) is 31.7 Å². The maximum absolute atomic E-state index is 10.6. The van der Waals surface area contributed by atoms with Gasteiger partial charge in [0.05, 0.1) is 25.2 Å². The number of nitrogens with zero attached hydrogens (tertiary/aromatic N) is 4. The zero-order valence-electron chi connectivity index (χ0n) is 15.5. The predicted octanol–water partition coefficient (Wildman–Crippen LogP) is 2.46. The van der Waals surface area contributed by atoms with Gasteiger partial charge in [-0.2, -0.15) is 0 Å². The monoisotopic (exact) mass is 473 g/mol. The van der Waals surface area contributed by atoms with Crippen LogP contribution in [0.5, 0.6) is 0 Å². The largest absolute Gasteiger partial charge is 0.466 e. The second kappa shape index (κ2) is 8.90. The van der Waals surface area contributed by atoms with Gasteiger partial charge in [0, 0.05) is 32.5 Å². The lowest BCUT2D eigenvalue weighted by Gasteiger charge is -2.39. The lowest BCUT2D eigenvalue weighted by atomic mass is 9.93. The third-order valence-electron chi connectivity index (χ3n) is 4.98. The van der Waals surface area contributed by atoms with E-state index in [1.807, 2.05) is 18.7 Å². The molecule has 8 heteroatoms. The van der Waals surface area contributed by atoms with Crippen molar-refractivity contribution in [2.75, 3.05) is 26.7 Å². The highest BCUT2D eigenvalue weighted by Crippen LogP contribution is 2.27. The Morgan fingerprint density at radius 2 is 2.35 bits per heavy atom. The molecule has 3 atom stereocenters. The average Bonchev–Trinajstić information content (AvgIpc) is 3.30. The third kappa shape index (κ3) is 4.59. The molecule has 0 radical (unpaired) electrons. The van der Waals surface area contributed by atoms with Crippen molar-refractivity contribution >= 4 is 29.9 Å². The standard InChI is InChI=1S/C18H27N5O2.HI/c1-14-6-8-22(11-15(14)23-9-7-20-13-23)17(19-3)21-12-18(2,24)16-5-4-10-25-16;/h4-5,7,9-10,13-15,24H,6,8,11-12H2,1-3H3,(H,19,21);1H. The lowest BCUT2D eigenvalue weighted by molar-refractivity contribution is 0.0376. The van der Waals surface area contributed by atoms with Crippen LogP contribution < -0.4 is 5.32 Å². The highest BCUT2D eigenvalue weighted by molar-refractivity contribution is 14.0. The molecule has 1 aliphatic rings. The number of likely N-dealkylation sites (tertiary alicyclic amines) is 1. The van der Waals surface area contributed by atoms with Crippen molar-refractivity contribution in [3.05, 3.63) is 42.9 Å². The van der Waals surface area contributed by atoms with Crippen LogP contribution in [0.1, 0.15) is 32.1 Å². The predicted molar refractivity (Wildman–Crippen MR) is 112 cm³/mol. The van der Waals surface area contributed by atoms with Crippen molar-refractivity contribution in [2.24, 2.45) is 10.9 Å². The minimum atomic E-state index is -1.09. The molecule has 2 aromatic rings. The second-order valence-corrected chi connectivity index (χ2v) is 6.94. The molecule has 0 aliphatic carbocycles. The smallest absolute Gasteiger partial charge is 0.193 e. The summed E-state index contributed by atoms with van der Waals surface area (Å²) < 4.78 is 7.51. The van der Waals surface area contributed by atoms with Crippen LogP contribution in [0.2, 0.25) is 0 Å². The number of nitrogens with one attached hydrogen (secondary N) is 1. The number of piperidine rings is 1. The number of aromatic nitrogens is 2. The molecular weight excluding hydrogens is 445 g/mol. The SMILES string of the molecule is CN=C(NCC(C)(O)c1ccco1)N1CCC(C)C(n2ccnc2)C1.I. The molecule has 2 N–H and O–H groups in total. The van der Waals surface area contributed by atoms with Crippen molar-refractivity contribution in [1.82, 2.24) is 19.8 Å². The van der Waals surface area contributed by atoms with Gasteiger partial charge in [0.25, 0.3) is 0 Å². The second-order valence-electron chi connectivity index (χ2n) is 6.94. The van der Waals surface area contributed by atoms with Crippen molar-refractivity contribution in [3.63, 3.8) is 0 Å². The maximum atomic E-state index is 10.6. The first-order chi connectivity index (χ1) is 12.0. The summed E-state index contributed by atoms with van der Waals surface area (Å²) in [6.45, 7) is 6.14. The van der Waals surface area contributed by atoms with Crippen LogP contribution in [-0.2, 0) is 5.60 Å². The van der Waals surface area contributed by atoms with E-state index < -0.39 is 5.60 Å². The molecule has 3 rings (SSSR count). The zero-order chi connectivity index (χ0) is 17.9. The van der Waals surface area contributed by atoms with E-state index in [-0.39, 0.29) is 24.0 Å². The minimum absolute atomic E-state index is 0.